The summed E-state index contributed by atoms with van der Waals surface area (Å²) >= 11 is 0. The third-order valence-corrected chi connectivity index (χ3v) is 5.50. The predicted molar refractivity (Wildman–Crippen MR) is 107 cm³/mol. The van der Waals surface area contributed by atoms with Crippen molar-refractivity contribution < 1.29 is 18.7 Å². The van der Waals surface area contributed by atoms with Crippen LogP contribution in [0.25, 0.3) is 10.8 Å². The van der Waals surface area contributed by atoms with Gasteiger partial charge in [-0.05, 0) is 54.8 Å². The summed E-state index contributed by atoms with van der Waals surface area (Å²) in [5.74, 6) is 1.26. The minimum absolute atomic E-state index is 0.0608. The van der Waals surface area contributed by atoms with Crippen molar-refractivity contribution in [3.05, 3.63) is 65.6 Å². The highest BCUT2D eigenvalue weighted by atomic mass is 16.5. The number of methoxy groups -OCH3 is 1. The van der Waals surface area contributed by atoms with Gasteiger partial charge in [-0.15, -0.1) is 0 Å². The largest absolute Gasteiger partial charge is 0.497 e. The Morgan fingerprint density at radius 3 is 2.64 bits per heavy atom. The van der Waals surface area contributed by atoms with E-state index < -0.39 is 0 Å². The highest BCUT2D eigenvalue weighted by Crippen LogP contribution is 2.26. The molecule has 1 aliphatic rings. The highest BCUT2D eigenvalue weighted by molar-refractivity contribution is 6.02. The van der Waals surface area contributed by atoms with Crippen LogP contribution >= 0.6 is 0 Å². The molecule has 1 saturated heterocycles. The SMILES string of the molecule is COc1ccc2cc(C(=O)[C@@H]3CCCN(C(=O)c4ccoc4C)C3)ccc2c1. The minimum atomic E-state index is -0.180. The Hall–Kier alpha value is -3.08. The fourth-order valence-electron chi connectivity index (χ4n) is 3.89. The number of piperidine rings is 1. The maximum Gasteiger partial charge on any atom is 0.257 e. The number of benzene rings is 2. The monoisotopic (exact) mass is 377 g/mol. The van der Waals surface area contributed by atoms with Crippen LogP contribution in [0.1, 0.15) is 39.3 Å². The minimum Gasteiger partial charge on any atom is -0.497 e. The van der Waals surface area contributed by atoms with Gasteiger partial charge in [-0.2, -0.15) is 0 Å². The molecular weight excluding hydrogens is 354 g/mol. The zero-order valence-corrected chi connectivity index (χ0v) is 16.1. The van der Waals surface area contributed by atoms with E-state index in [1.54, 1.807) is 25.0 Å². The number of hydrogen-bond acceptors (Lipinski definition) is 4. The van der Waals surface area contributed by atoms with E-state index in [-0.39, 0.29) is 17.6 Å². The molecule has 1 aromatic heterocycles. The van der Waals surface area contributed by atoms with Gasteiger partial charge in [0.25, 0.3) is 5.91 Å². The van der Waals surface area contributed by atoms with E-state index in [4.69, 9.17) is 9.15 Å². The van der Waals surface area contributed by atoms with Crippen molar-refractivity contribution in [1.29, 1.82) is 0 Å². The average molecular weight is 377 g/mol. The topological polar surface area (TPSA) is 59.8 Å². The summed E-state index contributed by atoms with van der Waals surface area (Å²) in [5, 5.41) is 2.04. The molecule has 1 atom stereocenters. The fourth-order valence-corrected chi connectivity index (χ4v) is 3.89. The van der Waals surface area contributed by atoms with Gasteiger partial charge in [0.05, 0.1) is 18.9 Å². The lowest BCUT2D eigenvalue weighted by atomic mass is 9.89. The quantitative estimate of drug-likeness (QED) is 0.629. The number of ketones is 1. The number of carbonyl (C=O) groups is 2. The number of carbonyl (C=O) groups excluding carboxylic acids is 2. The van der Waals surface area contributed by atoms with Gasteiger partial charge < -0.3 is 14.1 Å². The van der Waals surface area contributed by atoms with Crippen molar-refractivity contribution in [1.82, 2.24) is 4.90 Å². The summed E-state index contributed by atoms with van der Waals surface area (Å²) < 4.78 is 10.5. The average Bonchev–Trinajstić information content (AvgIpc) is 3.17. The van der Waals surface area contributed by atoms with E-state index >= 15 is 0 Å². The van der Waals surface area contributed by atoms with E-state index in [9.17, 15) is 9.59 Å². The number of furan rings is 1. The lowest BCUT2D eigenvalue weighted by Crippen LogP contribution is -2.42. The van der Waals surface area contributed by atoms with Crippen LogP contribution in [0.3, 0.4) is 0 Å². The summed E-state index contributed by atoms with van der Waals surface area (Å²) in [5.41, 5.74) is 1.27. The highest BCUT2D eigenvalue weighted by Gasteiger charge is 2.30. The molecule has 5 heteroatoms. The van der Waals surface area contributed by atoms with Gasteiger partial charge in [0.2, 0.25) is 0 Å². The second-order valence-corrected chi connectivity index (χ2v) is 7.27. The molecule has 2 heterocycles. The van der Waals surface area contributed by atoms with Crippen molar-refractivity contribution in [2.75, 3.05) is 20.2 Å². The number of hydrogen-bond donors (Lipinski definition) is 0. The normalized spacial score (nSPS) is 16.9. The van der Waals surface area contributed by atoms with E-state index in [0.717, 1.165) is 29.4 Å². The number of fused-ring (bicyclic) bond motifs is 1. The molecule has 1 amide bonds. The molecule has 1 aliphatic heterocycles. The van der Waals surface area contributed by atoms with E-state index in [0.29, 0.717) is 30.0 Å². The van der Waals surface area contributed by atoms with Gasteiger partial charge in [-0.25, -0.2) is 0 Å². The lowest BCUT2D eigenvalue weighted by Gasteiger charge is -2.32. The van der Waals surface area contributed by atoms with Crippen LogP contribution in [0.2, 0.25) is 0 Å². The van der Waals surface area contributed by atoms with Gasteiger partial charge >= 0.3 is 0 Å². The summed E-state index contributed by atoms with van der Waals surface area (Å²) in [4.78, 5) is 27.6. The Morgan fingerprint density at radius 2 is 1.89 bits per heavy atom. The predicted octanol–water partition coefficient (Wildman–Crippen LogP) is 4.48. The maximum absolute atomic E-state index is 13.1. The zero-order valence-electron chi connectivity index (χ0n) is 16.1. The molecule has 0 saturated carbocycles. The van der Waals surface area contributed by atoms with Crippen LogP contribution in [0.4, 0.5) is 0 Å². The number of ether oxygens (including phenoxy) is 1. The van der Waals surface area contributed by atoms with Gasteiger partial charge in [0.15, 0.2) is 5.78 Å². The first-order valence-corrected chi connectivity index (χ1v) is 9.52. The standard InChI is InChI=1S/C23H23NO4/c1-15-21(9-11-28-15)23(26)24-10-3-4-19(14-24)22(25)18-6-5-17-13-20(27-2)8-7-16(17)12-18/h5-9,11-13,19H,3-4,10,14H2,1-2H3/t19-/m1/s1. The second kappa shape index (κ2) is 7.50. The first-order chi connectivity index (χ1) is 13.6. The molecule has 4 rings (SSSR count). The van der Waals surface area contributed by atoms with Crippen LogP contribution in [-0.4, -0.2) is 36.8 Å². The summed E-state index contributed by atoms with van der Waals surface area (Å²) in [6.45, 7) is 2.90. The molecule has 0 bridgehead atoms. The molecule has 5 nitrogen and oxygen atoms in total. The molecule has 1 fully saturated rings. The first-order valence-electron chi connectivity index (χ1n) is 9.52. The van der Waals surface area contributed by atoms with Crippen molar-refractivity contribution in [2.45, 2.75) is 19.8 Å². The molecule has 0 unspecified atom stereocenters. The van der Waals surface area contributed by atoms with Crippen LogP contribution in [0.5, 0.6) is 5.75 Å². The number of amides is 1. The Morgan fingerprint density at radius 1 is 1.11 bits per heavy atom. The summed E-state index contributed by atoms with van der Waals surface area (Å²) in [6.07, 6.45) is 3.15. The van der Waals surface area contributed by atoms with E-state index in [2.05, 4.69) is 0 Å². The molecule has 0 spiro atoms. The van der Waals surface area contributed by atoms with Crippen LogP contribution in [0.15, 0.2) is 53.1 Å². The Bertz CT molecular complexity index is 1040. The van der Waals surface area contributed by atoms with Crippen LogP contribution in [-0.2, 0) is 0 Å². The lowest BCUT2D eigenvalue weighted by molar-refractivity contribution is 0.0635. The Kier molecular flexibility index (Phi) is 4.90. The number of likely N-dealkylation sites (tertiary alicyclic amines) is 1. The molecule has 0 N–H and O–H groups in total. The Labute approximate surface area is 163 Å². The van der Waals surface area contributed by atoms with Crippen molar-refractivity contribution >= 4 is 22.5 Å². The van der Waals surface area contributed by atoms with Gasteiger partial charge in [-0.1, -0.05) is 18.2 Å². The second-order valence-electron chi connectivity index (χ2n) is 7.27. The summed E-state index contributed by atoms with van der Waals surface area (Å²) in [7, 11) is 1.64. The van der Waals surface area contributed by atoms with E-state index in [1.165, 1.54) is 6.26 Å². The maximum atomic E-state index is 13.1. The van der Waals surface area contributed by atoms with Gasteiger partial charge in [0, 0.05) is 24.6 Å². The third-order valence-electron chi connectivity index (χ3n) is 5.50. The molecule has 144 valence electrons. The van der Waals surface area contributed by atoms with Crippen LogP contribution in [0, 0.1) is 12.8 Å². The fraction of sp³-hybridized carbons (Fsp3) is 0.304. The van der Waals surface area contributed by atoms with Gasteiger partial charge in [0.1, 0.15) is 11.5 Å². The van der Waals surface area contributed by atoms with Crippen molar-refractivity contribution in [3.8, 4) is 5.75 Å². The number of nitrogens with zero attached hydrogens (tertiary/aromatic N) is 1. The molecule has 3 aromatic rings. The molecule has 28 heavy (non-hydrogen) atoms. The smallest absolute Gasteiger partial charge is 0.257 e. The zero-order chi connectivity index (χ0) is 19.7. The number of aryl methyl sites for hydroxylation is 1. The van der Waals surface area contributed by atoms with E-state index in [1.807, 2.05) is 36.4 Å². The molecule has 2 aromatic carbocycles. The molecular formula is C23H23NO4. The van der Waals surface area contributed by atoms with Crippen LogP contribution < -0.4 is 4.74 Å². The third kappa shape index (κ3) is 3.40. The Balaban J connectivity index is 1.53. The van der Waals surface area contributed by atoms with Gasteiger partial charge in [-0.3, -0.25) is 9.59 Å². The van der Waals surface area contributed by atoms with Crippen molar-refractivity contribution in [2.24, 2.45) is 5.92 Å². The number of rotatable bonds is 4. The van der Waals surface area contributed by atoms with Crippen molar-refractivity contribution in [3.63, 3.8) is 0 Å². The first kappa shape index (κ1) is 18.3. The number of Topliss-reactive ketones (excluding diaryl/α,β-unsaturated/α-hetero) is 1. The molecule has 0 aliphatic carbocycles. The summed E-state index contributed by atoms with van der Waals surface area (Å²) in [6, 6.07) is 13.3. The molecule has 0 radical (unpaired) electrons.